The van der Waals surface area contributed by atoms with E-state index in [0.29, 0.717) is 5.89 Å². The van der Waals surface area contributed by atoms with Crippen LogP contribution in [0.15, 0.2) is 41.0 Å². The Kier molecular flexibility index (Phi) is 2.17. The number of hydrogen-bond acceptors (Lipinski definition) is 2. The third kappa shape index (κ3) is 1.53. The maximum absolute atomic E-state index is 5.26. The van der Waals surface area contributed by atoms with Crippen molar-refractivity contribution >= 4 is 26.2 Å². The van der Waals surface area contributed by atoms with E-state index in [0.717, 1.165) is 9.27 Å². The number of hydrogen-bond donors (Lipinski definition) is 0. The molecule has 1 aromatic carbocycles. The van der Waals surface area contributed by atoms with Crippen LogP contribution in [0.1, 0.15) is 0 Å². The molecule has 0 spiro atoms. The quantitative estimate of drug-likeness (QED) is 0.721. The molecule has 0 aliphatic heterocycles. The molecule has 0 amide bonds. The fraction of sp³-hybridized carbons (Fsp3) is 0. The van der Waals surface area contributed by atoms with Gasteiger partial charge in [-0.3, -0.25) is 0 Å². The average molecular weight is 263 g/mol. The van der Waals surface area contributed by atoms with Crippen LogP contribution in [0.25, 0.3) is 11.5 Å². The van der Waals surface area contributed by atoms with Crippen molar-refractivity contribution in [2.75, 3.05) is 0 Å². The number of benzene rings is 1. The molecule has 2 rings (SSSR count). The van der Waals surface area contributed by atoms with Crippen molar-refractivity contribution in [1.82, 2.24) is 4.98 Å². The molecule has 57 valence electrons. The summed E-state index contributed by atoms with van der Waals surface area (Å²) in [6.45, 7) is 0. The number of aromatic nitrogens is 1. The number of nitrogens with zero attached hydrogens (tertiary/aromatic N) is 1. The Labute approximate surface area is 83.7 Å². The molecule has 0 bridgehead atoms. The zero-order chi connectivity index (χ0) is 8.39. The second kappa shape index (κ2) is 3.31. The molecule has 0 unspecified atom stereocenters. The zero-order valence-corrected chi connectivity index (χ0v) is 9.17. The number of oxazole rings is 1. The molecule has 0 N–H and O–H groups in total. The van der Waals surface area contributed by atoms with E-state index in [1.54, 1.807) is 6.26 Å². The molecule has 3 radical (unpaired) electrons. The molecule has 0 aliphatic rings. The van der Waals surface area contributed by atoms with Gasteiger partial charge in [-0.1, -0.05) is 0 Å². The molecule has 2 nitrogen and oxygen atoms in total. The fourth-order valence-electron chi connectivity index (χ4n) is 0.987. The predicted molar refractivity (Wildman–Crippen MR) is 47.3 cm³/mol. The van der Waals surface area contributed by atoms with E-state index in [-0.39, 0.29) is 0 Å². The predicted octanol–water partition coefficient (Wildman–Crippen LogP) is 1.14. The van der Waals surface area contributed by atoms with E-state index in [1.807, 2.05) is 30.3 Å². The van der Waals surface area contributed by atoms with Crippen LogP contribution in [-0.4, -0.2) is 27.5 Å². The molecular formula is C9H6NOSn. The van der Waals surface area contributed by atoms with Gasteiger partial charge in [-0.2, -0.15) is 0 Å². The van der Waals surface area contributed by atoms with Crippen LogP contribution in [0.4, 0.5) is 0 Å². The van der Waals surface area contributed by atoms with Gasteiger partial charge in [0, 0.05) is 0 Å². The Morgan fingerprint density at radius 1 is 1.17 bits per heavy atom. The van der Waals surface area contributed by atoms with Gasteiger partial charge in [0.25, 0.3) is 0 Å². The first-order valence-corrected chi connectivity index (χ1v) is 5.01. The fourth-order valence-corrected chi connectivity index (χ4v) is 1.45. The zero-order valence-electron chi connectivity index (χ0n) is 6.32. The van der Waals surface area contributed by atoms with Crippen molar-refractivity contribution in [3.63, 3.8) is 0 Å². The van der Waals surface area contributed by atoms with Crippen molar-refractivity contribution in [3.05, 3.63) is 36.6 Å². The topological polar surface area (TPSA) is 26.0 Å². The van der Waals surface area contributed by atoms with Gasteiger partial charge in [-0.15, -0.1) is 0 Å². The van der Waals surface area contributed by atoms with Crippen LogP contribution in [0.2, 0.25) is 0 Å². The molecular weight excluding hydrogens is 257 g/mol. The van der Waals surface area contributed by atoms with E-state index in [4.69, 9.17) is 4.42 Å². The Hall–Kier alpha value is -0.771. The molecule has 1 heterocycles. The molecule has 2 aromatic rings. The summed E-state index contributed by atoms with van der Waals surface area (Å²) < 4.78 is 6.26. The second-order valence-electron chi connectivity index (χ2n) is 2.40. The first kappa shape index (κ1) is 7.86. The van der Waals surface area contributed by atoms with Gasteiger partial charge in [0.2, 0.25) is 0 Å². The third-order valence-corrected chi connectivity index (χ3v) is 2.18. The van der Waals surface area contributed by atoms with Gasteiger partial charge in [0.15, 0.2) is 0 Å². The van der Waals surface area contributed by atoms with Crippen molar-refractivity contribution in [2.45, 2.75) is 0 Å². The first-order valence-electron chi connectivity index (χ1n) is 3.59. The monoisotopic (exact) mass is 264 g/mol. The standard InChI is InChI=1S/C9H6NO.Sn/c1-2-4-8(5-3-1)9-10-6-7-11-9;/h1-5,7H;. The van der Waals surface area contributed by atoms with Crippen LogP contribution in [0.5, 0.6) is 0 Å². The summed E-state index contributed by atoms with van der Waals surface area (Å²) in [6.07, 6.45) is 1.70. The van der Waals surface area contributed by atoms with E-state index in [1.165, 1.54) is 22.5 Å². The summed E-state index contributed by atoms with van der Waals surface area (Å²) in [5.41, 5.74) is 1.03. The Bertz CT molecular complexity index is 369. The SMILES string of the molecule is [Sn][c]1coc(-c2ccccc2)n1. The van der Waals surface area contributed by atoms with Crippen LogP contribution < -0.4 is 3.71 Å². The molecule has 0 atom stereocenters. The van der Waals surface area contributed by atoms with Gasteiger partial charge in [0.05, 0.1) is 0 Å². The summed E-state index contributed by atoms with van der Waals surface area (Å²) in [5, 5.41) is 0. The van der Waals surface area contributed by atoms with Crippen molar-refractivity contribution in [2.24, 2.45) is 0 Å². The van der Waals surface area contributed by atoms with E-state index < -0.39 is 0 Å². The molecule has 3 heteroatoms. The first-order chi connectivity index (χ1) is 5.86. The number of rotatable bonds is 1. The summed E-state index contributed by atoms with van der Waals surface area (Å²) in [6, 6.07) is 9.90. The van der Waals surface area contributed by atoms with Gasteiger partial charge in [-0.25, -0.2) is 0 Å². The molecule has 0 fully saturated rings. The minimum absolute atomic E-state index is 0.711. The molecule has 12 heavy (non-hydrogen) atoms. The third-order valence-electron chi connectivity index (χ3n) is 1.52. The summed E-state index contributed by atoms with van der Waals surface area (Å²) in [5.74, 6) is 0.711. The summed E-state index contributed by atoms with van der Waals surface area (Å²) in [4.78, 5) is 4.25. The molecule has 0 saturated carbocycles. The van der Waals surface area contributed by atoms with Crippen LogP contribution in [0, 0.1) is 0 Å². The minimum atomic E-state index is 0.711. The van der Waals surface area contributed by atoms with Gasteiger partial charge >= 0.3 is 83.7 Å². The molecule has 0 saturated heterocycles. The van der Waals surface area contributed by atoms with Crippen LogP contribution >= 0.6 is 0 Å². The Morgan fingerprint density at radius 3 is 2.50 bits per heavy atom. The molecule has 1 aromatic heterocycles. The van der Waals surface area contributed by atoms with Gasteiger partial charge in [-0.05, 0) is 0 Å². The van der Waals surface area contributed by atoms with Crippen LogP contribution in [-0.2, 0) is 0 Å². The summed E-state index contributed by atoms with van der Waals surface area (Å²) >= 11 is 1.28. The summed E-state index contributed by atoms with van der Waals surface area (Å²) in [7, 11) is 0. The van der Waals surface area contributed by atoms with E-state index >= 15 is 0 Å². The normalized spacial score (nSPS) is 10.1. The second-order valence-corrected chi connectivity index (χ2v) is 3.87. The maximum atomic E-state index is 5.26. The Morgan fingerprint density at radius 2 is 1.92 bits per heavy atom. The van der Waals surface area contributed by atoms with Crippen LogP contribution in [0.3, 0.4) is 0 Å². The average Bonchev–Trinajstić information content (AvgIpc) is 2.54. The van der Waals surface area contributed by atoms with Crippen molar-refractivity contribution in [3.8, 4) is 11.5 Å². The van der Waals surface area contributed by atoms with E-state index in [9.17, 15) is 0 Å². The Balaban J connectivity index is 2.45. The van der Waals surface area contributed by atoms with Gasteiger partial charge in [0.1, 0.15) is 0 Å². The van der Waals surface area contributed by atoms with Crippen molar-refractivity contribution < 1.29 is 4.42 Å². The molecule has 0 aliphatic carbocycles. The van der Waals surface area contributed by atoms with Gasteiger partial charge < -0.3 is 0 Å². The van der Waals surface area contributed by atoms with E-state index in [2.05, 4.69) is 4.98 Å². The van der Waals surface area contributed by atoms with Crippen molar-refractivity contribution in [1.29, 1.82) is 0 Å².